The fourth-order valence-corrected chi connectivity index (χ4v) is 3.14. The van der Waals surface area contributed by atoms with Crippen LogP contribution in [0.1, 0.15) is 22.7 Å². The predicted molar refractivity (Wildman–Crippen MR) is 126 cm³/mol. The number of rotatable bonds is 6. The van der Waals surface area contributed by atoms with E-state index in [1.54, 1.807) is 0 Å². The molecule has 3 N–H and O–H groups in total. The highest BCUT2D eigenvalue weighted by Crippen LogP contribution is 2.12. The molecule has 0 aromatic heterocycles. The lowest BCUT2D eigenvalue weighted by molar-refractivity contribution is -0.122. The maximum absolute atomic E-state index is 12.2. The third kappa shape index (κ3) is 8.51. The van der Waals surface area contributed by atoms with Gasteiger partial charge < -0.3 is 16.0 Å². The quantitative estimate of drug-likeness (QED) is 0.694. The second kappa shape index (κ2) is 13.8. The van der Waals surface area contributed by atoms with Gasteiger partial charge in [-0.1, -0.05) is 54.6 Å². The number of carbonyl (C=O) groups is 1. The Kier molecular flexibility index (Phi) is 13.2. The molecular weight excluding hydrogens is 431 g/mol. The number of halogens is 3. The van der Waals surface area contributed by atoms with E-state index >= 15 is 0 Å². The van der Waals surface area contributed by atoms with Crippen LogP contribution >= 0.6 is 37.2 Å². The van der Waals surface area contributed by atoms with E-state index in [0.717, 1.165) is 43.9 Å². The van der Waals surface area contributed by atoms with Crippen molar-refractivity contribution in [2.24, 2.45) is 5.73 Å². The predicted octanol–water partition coefficient (Wildman–Crippen LogP) is 3.02. The zero-order chi connectivity index (χ0) is 18.4. The summed E-state index contributed by atoms with van der Waals surface area (Å²) < 4.78 is 0. The number of carbonyl (C=O) groups excluding carboxylic acids is 1. The summed E-state index contributed by atoms with van der Waals surface area (Å²) in [5, 5.41) is 2.92. The highest BCUT2D eigenvalue weighted by molar-refractivity contribution is 5.86. The van der Waals surface area contributed by atoms with Gasteiger partial charge in [0, 0.05) is 39.3 Å². The number of amides is 1. The van der Waals surface area contributed by atoms with Crippen LogP contribution in [0.5, 0.6) is 0 Å². The molecule has 0 saturated carbocycles. The van der Waals surface area contributed by atoms with E-state index in [1.807, 2.05) is 30.3 Å². The third-order valence-electron chi connectivity index (χ3n) is 4.93. The third-order valence-corrected chi connectivity index (χ3v) is 4.93. The fraction of sp³-hybridized carbons (Fsp3) is 0.381. The Balaban J connectivity index is 0.00000261. The number of nitrogens with two attached hydrogens (primary N) is 1. The lowest BCUT2D eigenvalue weighted by atomic mass is 10.1. The van der Waals surface area contributed by atoms with Crippen LogP contribution in [-0.2, 0) is 17.9 Å². The molecule has 1 aliphatic rings. The number of nitrogens with zero attached hydrogens (tertiary/aromatic N) is 2. The first kappa shape index (κ1) is 27.7. The Bertz CT molecular complexity index is 708. The first-order chi connectivity index (χ1) is 12.6. The number of likely N-dealkylation sites (N-methyl/N-ethyl adjacent to an activating group) is 1. The first-order valence-corrected chi connectivity index (χ1v) is 9.19. The van der Waals surface area contributed by atoms with Crippen LogP contribution in [0.4, 0.5) is 0 Å². The molecule has 1 fully saturated rings. The molecule has 1 heterocycles. The zero-order valence-corrected chi connectivity index (χ0v) is 19.1. The molecule has 0 aliphatic carbocycles. The fourth-order valence-electron chi connectivity index (χ4n) is 3.14. The van der Waals surface area contributed by atoms with Crippen molar-refractivity contribution < 1.29 is 4.79 Å². The van der Waals surface area contributed by atoms with E-state index in [1.165, 1.54) is 5.56 Å². The largest absolute Gasteiger partial charge is 0.350 e. The van der Waals surface area contributed by atoms with Crippen LogP contribution < -0.4 is 11.1 Å². The van der Waals surface area contributed by atoms with Crippen molar-refractivity contribution in [2.75, 3.05) is 33.2 Å². The molecule has 8 heteroatoms. The van der Waals surface area contributed by atoms with Crippen molar-refractivity contribution in [1.29, 1.82) is 0 Å². The number of benzene rings is 2. The van der Waals surface area contributed by atoms with Crippen LogP contribution in [0.3, 0.4) is 0 Å². The molecule has 0 radical (unpaired) electrons. The van der Waals surface area contributed by atoms with Gasteiger partial charge >= 0.3 is 0 Å². The molecule has 3 rings (SSSR count). The number of hydrogen-bond donors (Lipinski definition) is 2. The van der Waals surface area contributed by atoms with Crippen LogP contribution in [-0.4, -0.2) is 48.9 Å². The summed E-state index contributed by atoms with van der Waals surface area (Å²) in [4.78, 5) is 17.1. The Labute approximate surface area is 192 Å². The molecular formula is C21H31Cl3N4O. The van der Waals surface area contributed by atoms with Crippen molar-refractivity contribution >= 4 is 43.1 Å². The summed E-state index contributed by atoms with van der Waals surface area (Å²) in [6, 6.07) is 17.3. The molecule has 29 heavy (non-hydrogen) atoms. The molecule has 2 aromatic carbocycles. The second-order valence-corrected chi connectivity index (χ2v) is 7.00. The number of piperazine rings is 1. The number of hydrogen-bond acceptors (Lipinski definition) is 4. The highest BCUT2D eigenvalue weighted by atomic mass is 35.5. The monoisotopic (exact) mass is 460 g/mol. The summed E-state index contributed by atoms with van der Waals surface area (Å²) in [7, 11) is 2.17. The lowest BCUT2D eigenvalue weighted by Gasteiger charge is -2.32. The summed E-state index contributed by atoms with van der Waals surface area (Å²) >= 11 is 0. The SMILES string of the molecule is CN1CCN(Cc2ccc(CNC(=O)C(N)c3ccccc3)cc2)CC1.Cl.Cl.Cl. The standard InChI is InChI=1S/C21H28N4O.3ClH/c1-24-11-13-25(14-12-24)16-18-9-7-17(8-10-18)15-23-21(26)20(22)19-5-3-2-4-6-19;;;/h2-10,20H,11-16,22H2,1H3,(H,23,26);3*1H. The summed E-state index contributed by atoms with van der Waals surface area (Å²) in [5.74, 6) is -0.155. The van der Waals surface area contributed by atoms with Crippen LogP contribution in [0.15, 0.2) is 54.6 Å². The number of nitrogens with one attached hydrogen (secondary N) is 1. The summed E-state index contributed by atoms with van der Waals surface area (Å²) in [6.07, 6.45) is 0. The van der Waals surface area contributed by atoms with E-state index < -0.39 is 6.04 Å². The van der Waals surface area contributed by atoms with E-state index in [9.17, 15) is 4.79 Å². The van der Waals surface area contributed by atoms with Gasteiger partial charge in [-0.25, -0.2) is 0 Å². The van der Waals surface area contributed by atoms with E-state index in [4.69, 9.17) is 5.73 Å². The first-order valence-electron chi connectivity index (χ1n) is 9.19. The Morgan fingerprint density at radius 2 is 1.48 bits per heavy atom. The maximum Gasteiger partial charge on any atom is 0.241 e. The highest BCUT2D eigenvalue weighted by Gasteiger charge is 2.15. The minimum Gasteiger partial charge on any atom is -0.350 e. The van der Waals surface area contributed by atoms with Gasteiger partial charge in [-0.3, -0.25) is 9.69 Å². The Morgan fingerprint density at radius 1 is 0.931 bits per heavy atom. The summed E-state index contributed by atoms with van der Waals surface area (Å²) in [6.45, 7) is 5.97. The minimum atomic E-state index is -0.632. The normalized spacial score (nSPS) is 15.2. The summed E-state index contributed by atoms with van der Waals surface area (Å²) in [5.41, 5.74) is 9.24. The molecule has 1 saturated heterocycles. The molecule has 1 unspecified atom stereocenters. The smallest absolute Gasteiger partial charge is 0.241 e. The second-order valence-electron chi connectivity index (χ2n) is 7.00. The molecule has 0 spiro atoms. The Morgan fingerprint density at radius 3 is 2.07 bits per heavy atom. The molecule has 2 aromatic rings. The molecule has 162 valence electrons. The van der Waals surface area contributed by atoms with Gasteiger partial charge in [-0.2, -0.15) is 0 Å². The van der Waals surface area contributed by atoms with Crippen molar-refractivity contribution in [2.45, 2.75) is 19.1 Å². The zero-order valence-electron chi connectivity index (χ0n) is 16.6. The Hall–Kier alpha value is -1.34. The molecule has 0 bridgehead atoms. The van der Waals surface area contributed by atoms with Crippen molar-refractivity contribution in [3.63, 3.8) is 0 Å². The van der Waals surface area contributed by atoms with Gasteiger partial charge in [0.1, 0.15) is 6.04 Å². The van der Waals surface area contributed by atoms with Crippen LogP contribution in [0.2, 0.25) is 0 Å². The molecule has 1 amide bonds. The average molecular weight is 462 g/mol. The van der Waals surface area contributed by atoms with E-state index in [-0.39, 0.29) is 43.1 Å². The van der Waals surface area contributed by atoms with E-state index in [0.29, 0.717) is 6.54 Å². The van der Waals surface area contributed by atoms with Crippen molar-refractivity contribution in [3.8, 4) is 0 Å². The van der Waals surface area contributed by atoms with Crippen molar-refractivity contribution in [1.82, 2.24) is 15.1 Å². The topological polar surface area (TPSA) is 61.6 Å². The van der Waals surface area contributed by atoms with Gasteiger partial charge in [-0.15, -0.1) is 37.2 Å². The van der Waals surface area contributed by atoms with Crippen LogP contribution in [0, 0.1) is 0 Å². The molecule has 5 nitrogen and oxygen atoms in total. The van der Waals surface area contributed by atoms with Crippen molar-refractivity contribution in [3.05, 3.63) is 71.3 Å². The van der Waals surface area contributed by atoms with Gasteiger partial charge in [-0.05, 0) is 23.7 Å². The maximum atomic E-state index is 12.2. The van der Waals surface area contributed by atoms with Gasteiger partial charge in [0.25, 0.3) is 0 Å². The lowest BCUT2D eigenvalue weighted by Crippen LogP contribution is -2.43. The van der Waals surface area contributed by atoms with Gasteiger partial charge in [0.15, 0.2) is 0 Å². The van der Waals surface area contributed by atoms with E-state index in [2.05, 4.69) is 46.4 Å². The van der Waals surface area contributed by atoms with Crippen LogP contribution in [0.25, 0.3) is 0 Å². The average Bonchev–Trinajstić information content (AvgIpc) is 2.69. The van der Waals surface area contributed by atoms with Gasteiger partial charge in [0.05, 0.1) is 0 Å². The minimum absolute atomic E-state index is 0. The molecule has 1 aliphatic heterocycles. The molecule has 1 atom stereocenters. The van der Waals surface area contributed by atoms with Gasteiger partial charge in [0.2, 0.25) is 5.91 Å².